The average molecular weight is 341 g/mol. The Morgan fingerprint density at radius 2 is 1.96 bits per heavy atom. The first kappa shape index (κ1) is 16.8. The molecule has 1 aromatic carbocycles. The molecule has 0 aliphatic heterocycles. The highest BCUT2D eigenvalue weighted by molar-refractivity contribution is 5.84. The summed E-state index contributed by atoms with van der Waals surface area (Å²) in [5, 5.41) is 3.50. The van der Waals surface area contributed by atoms with E-state index in [1.54, 1.807) is 7.11 Å². The van der Waals surface area contributed by atoms with Crippen LogP contribution >= 0.6 is 0 Å². The minimum absolute atomic E-state index is 0.133. The highest BCUT2D eigenvalue weighted by atomic mass is 16.5. The number of carbonyl (C=O) groups excluding carboxylic acids is 1. The molecule has 1 amide bonds. The first-order valence-corrected chi connectivity index (χ1v) is 7.81. The number of nitrogens with one attached hydrogen (secondary N) is 1. The third-order valence-corrected chi connectivity index (χ3v) is 3.92. The molecule has 0 fully saturated rings. The van der Waals surface area contributed by atoms with E-state index in [-0.39, 0.29) is 12.5 Å². The summed E-state index contributed by atoms with van der Waals surface area (Å²) in [5.74, 6) is 1.64. The standard InChI is InChI=1S/C18H19N3O4/c1-11-12(2)25-18-16(11)17(20-10-21-18)24-9-15(22)19-8-13-4-6-14(23-3)7-5-13/h4-7,10H,8-9H2,1-3H3,(H,19,22). The highest BCUT2D eigenvalue weighted by Gasteiger charge is 2.15. The molecular formula is C18H19N3O4. The molecule has 2 aromatic heterocycles. The number of benzene rings is 1. The number of nitrogens with zero attached hydrogens (tertiary/aromatic N) is 2. The smallest absolute Gasteiger partial charge is 0.258 e. The van der Waals surface area contributed by atoms with Crippen LogP contribution in [-0.2, 0) is 11.3 Å². The average Bonchev–Trinajstić information content (AvgIpc) is 2.93. The Bertz CT molecular complexity index is 887. The number of aryl methyl sites for hydroxylation is 2. The molecule has 0 aliphatic carbocycles. The van der Waals surface area contributed by atoms with Gasteiger partial charge in [0.05, 0.1) is 7.11 Å². The van der Waals surface area contributed by atoms with Gasteiger partial charge in [0.1, 0.15) is 23.2 Å². The summed E-state index contributed by atoms with van der Waals surface area (Å²) in [7, 11) is 1.61. The second-order valence-corrected chi connectivity index (χ2v) is 5.56. The number of aromatic nitrogens is 2. The molecule has 3 aromatic rings. The molecule has 0 spiro atoms. The molecule has 0 saturated heterocycles. The van der Waals surface area contributed by atoms with E-state index in [1.807, 2.05) is 38.1 Å². The fourth-order valence-corrected chi connectivity index (χ4v) is 2.39. The third-order valence-electron chi connectivity index (χ3n) is 3.92. The topological polar surface area (TPSA) is 86.5 Å². The second kappa shape index (κ2) is 7.21. The van der Waals surface area contributed by atoms with Crippen LogP contribution < -0.4 is 14.8 Å². The van der Waals surface area contributed by atoms with Crippen LogP contribution in [0.15, 0.2) is 35.0 Å². The molecule has 25 heavy (non-hydrogen) atoms. The van der Waals surface area contributed by atoms with Crippen molar-refractivity contribution in [2.75, 3.05) is 13.7 Å². The van der Waals surface area contributed by atoms with Gasteiger partial charge < -0.3 is 19.2 Å². The summed E-state index contributed by atoms with van der Waals surface area (Å²) in [5.41, 5.74) is 2.34. The summed E-state index contributed by atoms with van der Waals surface area (Å²) in [6.45, 7) is 4.03. The fraction of sp³-hybridized carbons (Fsp3) is 0.278. The summed E-state index contributed by atoms with van der Waals surface area (Å²) in [6, 6.07) is 7.48. The first-order chi connectivity index (χ1) is 12.1. The fourth-order valence-electron chi connectivity index (χ4n) is 2.39. The van der Waals surface area contributed by atoms with Crippen molar-refractivity contribution in [2.45, 2.75) is 20.4 Å². The summed E-state index contributed by atoms with van der Waals surface area (Å²) < 4.78 is 16.2. The molecule has 0 radical (unpaired) electrons. The molecule has 130 valence electrons. The molecule has 7 heteroatoms. The van der Waals surface area contributed by atoms with Crippen molar-refractivity contribution in [3.8, 4) is 11.6 Å². The molecule has 0 bridgehead atoms. The molecule has 3 rings (SSSR count). The van der Waals surface area contributed by atoms with Gasteiger partial charge in [-0.1, -0.05) is 12.1 Å². The Morgan fingerprint density at radius 1 is 1.20 bits per heavy atom. The zero-order valence-electron chi connectivity index (χ0n) is 14.3. The molecular weight excluding hydrogens is 322 g/mol. The van der Waals surface area contributed by atoms with Crippen molar-refractivity contribution < 1.29 is 18.7 Å². The molecule has 0 aliphatic rings. The van der Waals surface area contributed by atoms with E-state index < -0.39 is 0 Å². The van der Waals surface area contributed by atoms with Gasteiger partial charge in [-0.25, -0.2) is 9.97 Å². The van der Waals surface area contributed by atoms with Crippen molar-refractivity contribution >= 4 is 17.0 Å². The van der Waals surface area contributed by atoms with Gasteiger partial charge in [0.2, 0.25) is 11.6 Å². The number of fused-ring (bicyclic) bond motifs is 1. The van der Waals surface area contributed by atoms with E-state index in [0.717, 1.165) is 22.6 Å². The van der Waals surface area contributed by atoms with Gasteiger partial charge in [-0.05, 0) is 31.5 Å². The van der Waals surface area contributed by atoms with Gasteiger partial charge in [0, 0.05) is 12.1 Å². The Kier molecular flexibility index (Phi) is 4.83. The number of carbonyl (C=O) groups is 1. The molecule has 1 N–H and O–H groups in total. The number of rotatable bonds is 6. The minimum Gasteiger partial charge on any atom is -0.497 e. The quantitative estimate of drug-likeness (QED) is 0.741. The van der Waals surface area contributed by atoms with Gasteiger partial charge in [0.25, 0.3) is 5.91 Å². The van der Waals surface area contributed by atoms with Crippen molar-refractivity contribution in [3.05, 3.63) is 47.5 Å². The predicted molar refractivity (Wildman–Crippen MR) is 91.6 cm³/mol. The first-order valence-electron chi connectivity index (χ1n) is 7.81. The molecule has 7 nitrogen and oxygen atoms in total. The van der Waals surface area contributed by atoms with E-state index >= 15 is 0 Å². The molecule has 0 saturated carbocycles. The number of ether oxygens (including phenoxy) is 2. The summed E-state index contributed by atoms with van der Waals surface area (Å²) in [4.78, 5) is 20.2. The van der Waals surface area contributed by atoms with E-state index in [4.69, 9.17) is 13.9 Å². The Morgan fingerprint density at radius 3 is 2.68 bits per heavy atom. The van der Waals surface area contributed by atoms with Crippen LogP contribution in [0, 0.1) is 13.8 Å². The van der Waals surface area contributed by atoms with Crippen molar-refractivity contribution in [1.29, 1.82) is 0 Å². The number of hydrogen-bond donors (Lipinski definition) is 1. The number of methoxy groups -OCH3 is 1. The van der Waals surface area contributed by atoms with Crippen LogP contribution in [0.1, 0.15) is 16.9 Å². The predicted octanol–water partition coefficient (Wildman–Crippen LogP) is 2.54. The van der Waals surface area contributed by atoms with Crippen LogP contribution in [-0.4, -0.2) is 29.6 Å². The summed E-state index contributed by atoms with van der Waals surface area (Å²) in [6.07, 6.45) is 1.36. The van der Waals surface area contributed by atoms with Gasteiger partial charge in [-0.15, -0.1) is 0 Å². The van der Waals surface area contributed by atoms with Crippen LogP contribution in [0.5, 0.6) is 11.6 Å². The largest absolute Gasteiger partial charge is 0.497 e. The van der Waals surface area contributed by atoms with E-state index in [2.05, 4.69) is 15.3 Å². The number of hydrogen-bond acceptors (Lipinski definition) is 6. The van der Waals surface area contributed by atoms with Gasteiger partial charge >= 0.3 is 0 Å². The maximum absolute atomic E-state index is 12.0. The lowest BCUT2D eigenvalue weighted by atomic mass is 10.2. The Labute approximate surface area is 145 Å². The van der Waals surface area contributed by atoms with Gasteiger partial charge in [-0.3, -0.25) is 4.79 Å². The lowest BCUT2D eigenvalue weighted by Crippen LogP contribution is -2.28. The minimum atomic E-state index is -0.236. The van der Waals surface area contributed by atoms with Crippen molar-refractivity contribution in [1.82, 2.24) is 15.3 Å². The third kappa shape index (κ3) is 3.71. The summed E-state index contributed by atoms with van der Waals surface area (Å²) >= 11 is 0. The Hall–Kier alpha value is -3.09. The van der Waals surface area contributed by atoms with E-state index in [1.165, 1.54) is 6.33 Å². The zero-order valence-corrected chi connectivity index (χ0v) is 14.3. The van der Waals surface area contributed by atoms with E-state index in [9.17, 15) is 4.79 Å². The zero-order chi connectivity index (χ0) is 17.8. The normalized spacial score (nSPS) is 10.7. The lowest BCUT2D eigenvalue weighted by Gasteiger charge is -2.08. The van der Waals surface area contributed by atoms with Gasteiger partial charge in [0.15, 0.2) is 6.61 Å². The molecule has 0 atom stereocenters. The second-order valence-electron chi connectivity index (χ2n) is 5.56. The van der Waals surface area contributed by atoms with E-state index in [0.29, 0.717) is 23.5 Å². The van der Waals surface area contributed by atoms with Crippen LogP contribution in [0.3, 0.4) is 0 Å². The van der Waals surface area contributed by atoms with Crippen molar-refractivity contribution in [2.24, 2.45) is 0 Å². The van der Waals surface area contributed by atoms with Crippen molar-refractivity contribution in [3.63, 3.8) is 0 Å². The lowest BCUT2D eigenvalue weighted by molar-refractivity contribution is -0.123. The van der Waals surface area contributed by atoms with Crippen LogP contribution in [0.25, 0.3) is 11.1 Å². The number of amides is 1. The number of furan rings is 1. The monoisotopic (exact) mass is 341 g/mol. The maximum atomic E-state index is 12.0. The SMILES string of the molecule is COc1ccc(CNC(=O)COc2ncnc3oc(C)c(C)c23)cc1. The van der Waals surface area contributed by atoms with Crippen LogP contribution in [0.2, 0.25) is 0 Å². The van der Waals surface area contributed by atoms with Gasteiger partial charge in [-0.2, -0.15) is 0 Å². The highest BCUT2D eigenvalue weighted by Crippen LogP contribution is 2.29. The molecule has 0 unspecified atom stereocenters. The molecule has 2 heterocycles. The maximum Gasteiger partial charge on any atom is 0.258 e. The Balaban J connectivity index is 1.59. The van der Waals surface area contributed by atoms with Crippen LogP contribution in [0.4, 0.5) is 0 Å².